The summed E-state index contributed by atoms with van der Waals surface area (Å²) in [5, 5.41) is 14.2. The SMILES string of the molecule is Cc1nn(Cc2ccc(F)cc2Br)c(C)c1C(C)O. The average Bonchev–Trinajstić information content (AvgIpc) is 2.58. The third kappa shape index (κ3) is 2.87. The molecule has 0 aliphatic heterocycles. The van der Waals surface area contributed by atoms with E-state index in [9.17, 15) is 9.50 Å². The number of hydrogen-bond acceptors (Lipinski definition) is 2. The van der Waals surface area contributed by atoms with Gasteiger partial charge in [-0.25, -0.2) is 4.39 Å². The fourth-order valence-electron chi connectivity index (χ4n) is 2.28. The van der Waals surface area contributed by atoms with Crippen molar-refractivity contribution >= 4 is 15.9 Å². The van der Waals surface area contributed by atoms with Gasteiger partial charge in [0, 0.05) is 15.7 Å². The number of benzene rings is 1. The summed E-state index contributed by atoms with van der Waals surface area (Å²) in [4.78, 5) is 0. The zero-order valence-electron chi connectivity index (χ0n) is 11.1. The molecule has 0 aliphatic rings. The third-order valence-corrected chi connectivity index (χ3v) is 3.93. The lowest BCUT2D eigenvalue weighted by atomic mass is 10.1. The number of aromatic nitrogens is 2. The Kier molecular flexibility index (Phi) is 4.06. The van der Waals surface area contributed by atoms with Crippen LogP contribution in [0.15, 0.2) is 22.7 Å². The van der Waals surface area contributed by atoms with E-state index < -0.39 is 6.10 Å². The molecule has 0 saturated carbocycles. The number of hydrogen-bond donors (Lipinski definition) is 1. The minimum absolute atomic E-state index is 0.270. The Morgan fingerprint density at radius 2 is 2.11 bits per heavy atom. The number of rotatable bonds is 3. The molecule has 0 fully saturated rings. The Labute approximate surface area is 120 Å². The molecule has 3 nitrogen and oxygen atoms in total. The third-order valence-electron chi connectivity index (χ3n) is 3.19. The molecule has 0 bridgehead atoms. The van der Waals surface area contributed by atoms with Crippen LogP contribution in [0.1, 0.15) is 35.5 Å². The molecular formula is C14H16BrFN2O. The maximum absolute atomic E-state index is 13.1. The molecule has 1 heterocycles. The fourth-order valence-corrected chi connectivity index (χ4v) is 2.76. The monoisotopic (exact) mass is 326 g/mol. The van der Waals surface area contributed by atoms with E-state index in [2.05, 4.69) is 21.0 Å². The summed E-state index contributed by atoms with van der Waals surface area (Å²) in [6.45, 7) is 6.08. The first kappa shape index (κ1) is 14.2. The predicted molar refractivity (Wildman–Crippen MR) is 75.5 cm³/mol. The molecule has 1 atom stereocenters. The Morgan fingerprint density at radius 3 is 2.63 bits per heavy atom. The van der Waals surface area contributed by atoms with Crippen molar-refractivity contribution in [3.8, 4) is 0 Å². The second-order valence-electron chi connectivity index (χ2n) is 4.65. The molecule has 5 heteroatoms. The highest BCUT2D eigenvalue weighted by atomic mass is 79.9. The second-order valence-corrected chi connectivity index (χ2v) is 5.51. The Balaban J connectivity index is 2.36. The molecule has 0 saturated heterocycles. The van der Waals surface area contributed by atoms with Crippen LogP contribution in [0.5, 0.6) is 0 Å². The van der Waals surface area contributed by atoms with E-state index in [0.29, 0.717) is 6.54 Å². The van der Waals surface area contributed by atoms with Gasteiger partial charge in [0.2, 0.25) is 0 Å². The molecule has 0 radical (unpaired) electrons. The number of aliphatic hydroxyl groups is 1. The van der Waals surface area contributed by atoms with E-state index in [0.717, 1.165) is 27.0 Å². The summed E-state index contributed by atoms with van der Waals surface area (Å²) in [5.41, 5.74) is 3.57. The summed E-state index contributed by atoms with van der Waals surface area (Å²) < 4.78 is 15.6. The first-order valence-corrected chi connectivity index (χ1v) is 6.85. The van der Waals surface area contributed by atoms with Crippen LogP contribution < -0.4 is 0 Å². The number of aryl methyl sites for hydroxylation is 1. The quantitative estimate of drug-likeness (QED) is 0.937. The first-order valence-electron chi connectivity index (χ1n) is 6.06. The maximum atomic E-state index is 13.1. The smallest absolute Gasteiger partial charge is 0.124 e. The Bertz CT molecular complexity index is 608. The van der Waals surface area contributed by atoms with Crippen molar-refractivity contribution in [1.82, 2.24) is 9.78 Å². The molecule has 2 rings (SSSR count). The Morgan fingerprint density at radius 1 is 1.42 bits per heavy atom. The van der Waals surface area contributed by atoms with Crippen molar-refractivity contribution in [2.24, 2.45) is 0 Å². The van der Waals surface area contributed by atoms with Gasteiger partial charge in [0.05, 0.1) is 18.3 Å². The summed E-state index contributed by atoms with van der Waals surface area (Å²) >= 11 is 3.35. The van der Waals surface area contributed by atoms with E-state index in [1.807, 2.05) is 18.5 Å². The van der Waals surface area contributed by atoms with E-state index >= 15 is 0 Å². The van der Waals surface area contributed by atoms with Gasteiger partial charge in [-0.2, -0.15) is 5.10 Å². The lowest BCUT2D eigenvalue weighted by Gasteiger charge is -2.08. The van der Waals surface area contributed by atoms with Gasteiger partial charge in [-0.1, -0.05) is 22.0 Å². The van der Waals surface area contributed by atoms with Crippen LogP contribution in [0.3, 0.4) is 0 Å². The van der Waals surface area contributed by atoms with E-state index in [1.165, 1.54) is 12.1 Å². The average molecular weight is 327 g/mol. The molecule has 2 aromatic rings. The van der Waals surface area contributed by atoms with Gasteiger partial charge in [-0.15, -0.1) is 0 Å². The summed E-state index contributed by atoms with van der Waals surface area (Å²) in [6, 6.07) is 4.61. The van der Waals surface area contributed by atoms with E-state index in [1.54, 1.807) is 13.0 Å². The van der Waals surface area contributed by atoms with E-state index in [4.69, 9.17) is 0 Å². The van der Waals surface area contributed by atoms with Crippen LogP contribution in [-0.2, 0) is 6.54 Å². The van der Waals surface area contributed by atoms with Crippen LogP contribution >= 0.6 is 15.9 Å². The van der Waals surface area contributed by atoms with Gasteiger partial charge in [0.15, 0.2) is 0 Å². The van der Waals surface area contributed by atoms with Crippen molar-refractivity contribution in [2.45, 2.75) is 33.4 Å². The van der Waals surface area contributed by atoms with Crippen molar-refractivity contribution in [3.05, 3.63) is 51.0 Å². The van der Waals surface area contributed by atoms with Crippen LogP contribution in [0.2, 0.25) is 0 Å². The first-order chi connectivity index (χ1) is 8.90. The molecule has 1 aromatic heterocycles. The molecule has 1 unspecified atom stereocenters. The topological polar surface area (TPSA) is 38.0 Å². The highest BCUT2D eigenvalue weighted by Crippen LogP contribution is 2.24. The number of halogens is 2. The van der Waals surface area contributed by atoms with Crippen LogP contribution in [0.25, 0.3) is 0 Å². The minimum Gasteiger partial charge on any atom is -0.389 e. The second kappa shape index (κ2) is 5.43. The van der Waals surface area contributed by atoms with Gasteiger partial charge in [0.25, 0.3) is 0 Å². The Hall–Kier alpha value is -1.20. The van der Waals surface area contributed by atoms with Crippen molar-refractivity contribution in [3.63, 3.8) is 0 Å². The lowest BCUT2D eigenvalue weighted by Crippen LogP contribution is -2.05. The molecule has 0 spiro atoms. The minimum atomic E-state index is -0.537. The van der Waals surface area contributed by atoms with Crippen LogP contribution in [-0.4, -0.2) is 14.9 Å². The lowest BCUT2D eigenvalue weighted by molar-refractivity contribution is 0.197. The van der Waals surface area contributed by atoms with Crippen molar-refractivity contribution in [1.29, 1.82) is 0 Å². The van der Waals surface area contributed by atoms with Crippen LogP contribution in [0, 0.1) is 19.7 Å². The molecular weight excluding hydrogens is 311 g/mol. The zero-order valence-corrected chi connectivity index (χ0v) is 12.7. The molecule has 0 aliphatic carbocycles. The van der Waals surface area contributed by atoms with Crippen LogP contribution in [0.4, 0.5) is 4.39 Å². The standard InChI is InChI=1S/C14H16BrFN2O/c1-8-14(10(3)19)9(2)18(17-8)7-11-4-5-12(16)6-13(11)15/h4-6,10,19H,7H2,1-3H3. The van der Waals surface area contributed by atoms with Gasteiger partial charge in [-0.3, -0.25) is 4.68 Å². The van der Waals surface area contributed by atoms with Crippen molar-refractivity contribution < 1.29 is 9.50 Å². The normalized spacial score (nSPS) is 12.7. The molecule has 1 N–H and O–H groups in total. The molecule has 102 valence electrons. The fraction of sp³-hybridized carbons (Fsp3) is 0.357. The maximum Gasteiger partial charge on any atom is 0.124 e. The van der Waals surface area contributed by atoms with Gasteiger partial charge >= 0.3 is 0 Å². The number of nitrogens with zero attached hydrogens (tertiary/aromatic N) is 2. The summed E-state index contributed by atoms with van der Waals surface area (Å²) in [7, 11) is 0. The molecule has 19 heavy (non-hydrogen) atoms. The summed E-state index contributed by atoms with van der Waals surface area (Å²) in [5.74, 6) is -0.270. The van der Waals surface area contributed by atoms with Gasteiger partial charge in [0.1, 0.15) is 5.82 Å². The van der Waals surface area contributed by atoms with E-state index in [-0.39, 0.29) is 5.82 Å². The number of aliphatic hydroxyl groups excluding tert-OH is 1. The largest absolute Gasteiger partial charge is 0.389 e. The van der Waals surface area contributed by atoms with Crippen molar-refractivity contribution in [2.75, 3.05) is 0 Å². The predicted octanol–water partition coefficient (Wildman–Crippen LogP) is 3.50. The highest BCUT2D eigenvalue weighted by Gasteiger charge is 2.16. The highest BCUT2D eigenvalue weighted by molar-refractivity contribution is 9.10. The summed E-state index contributed by atoms with van der Waals surface area (Å²) in [6.07, 6.45) is -0.537. The molecule has 0 amide bonds. The molecule has 1 aromatic carbocycles. The van der Waals surface area contributed by atoms with Gasteiger partial charge < -0.3 is 5.11 Å². The van der Waals surface area contributed by atoms with Gasteiger partial charge in [-0.05, 0) is 38.5 Å². The zero-order chi connectivity index (χ0) is 14.2.